The molecule has 0 aromatic carbocycles. The highest BCUT2D eigenvalue weighted by Gasteiger charge is 2.19. The quantitative estimate of drug-likeness (QED) is 0.764. The normalized spacial score (nSPS) is 12.2. The molecule has 1 amide bonds. The largest absolute Gasteiger partial charge is 0.336 e. The van der Waals surface area contributed by atoms with Crippen molar-refractivity contribution >= 4 is 5.91 Å². The second-order valence-electron chi connectivity index (χ2n) is 4.00. The highest BCUT2D eigenvalue weighted by Crippen LogP contribution is 2.10. The first-order chi connectivity index (χ1) is 7.70. The number of nitrogens with zero attached hydrogens (tertiary/aromatic N) is 2. The van der Waals surface area contributed by atoms with Crippen LogP contribution in [0.1, 0.15) is 44.0 Å². The number of carbonyl (C=O) groups excluding carboxylic acids is 1. The predicted molar refractivity (Wildman–Crippen MR) is 65.3 cm³/mol. The van der Waals surface area contributed by atoms with Crippen LogP contribution < -0.4 is 0 Å². The molecule has 0 saturated heterocycles. The lowest BCUT2D eigenvalue weighted by atomic mass is 10.1. The van der Waals surface area contributed by atoms with Crippen LogP contribution in [0.25, 0.3) is 0 Å². The molecular weight excluding hydrogens is 200 g/mol. The van der Waals surface area contributed by atoms with Crippen molar-refractivity contribution in [1.29, 1.82) is 0 Å². The summed E-state index contributed by atoms with van der Waals surface area (Å²) in [6.45, 7) is 7.09. The van der Waals surface area contributed by atoms with Crippen molar-refractivity contribution in [3.05, 3.63) is 30.1 Å². The fourth-order valence-corrected chi connectivity index (χ4v) is 1.64. The molecule has 3 heteroatoms. The van der Waals surface area contributed by atoms with Crippen LogP contribution in [-0.2, 0) is 0 Å². The summed E-state index contributed by atoms with van der Waals surface area (Å²) in [4.78, 5) is 18.1. The smallest absolute Gasteiger partial charge is 0.255 e. The minimum atomic E-state index is 0.0873. The highest BCUT2D eigenvalue weighted by molar-refractivity contribution is 5.94. The van der Waals surface area contributed by atoms with Crippen molar-refractivity contribution in [3.63, 3.8) is 0 Å². The van der Waals surface area contributed by atoms with Crippen LogP contribution in [0.2, 0.25) is 0 Å². The molecule has 1 heterocycles. The standard InChI is InChI=1S/C13H20N2O/c1-4-9-15(11(3)5-2)13(16)12-7-6-8-14-10-12/h6-8,10-11H,4-5,9H2,1-3H3. The van der Waals surface area contributed by atoms with Crippen molar-refractivity contribution in [2.75, 3.05) is 6.54 Å². The van der Waals surface area contributed by atoms with E-state index in [4.69, 9.17) is 0 Å². The van der Waals surface area contributed by atoms with Gasteiger partial charge >= 0.3 is 0 Å². The van der Waals surface area contributed by atoms with E-state index in [-0.39, 0.29) is 11.9 Å². The third kappa shape index (κ3) is 3.05. The molecule has 1 rings (SSSR count). The molecule has 0 fully saturated rings. The number of carbonyl (C=O) groups is 1. The van der Waals surface area contributed by atoms with Crippen LogP contribution in [-0.4, -0.2) is 28.4 Å². The Bertz CT molecular complexity index is 324. The van der Waals surface area contributed by atoms with Crippen molar-refractivity contribution < 1.29 is 4.79 Å². The zero-order valence-corrected chi connectivity index (χ0v) is 10.3. The Balaban J connectivity index is 2.83. The van der Waals surface area contributed by atoms with Gasteiger partial charge in [-0.2, -0.15) is 0 Å². The maximum absolute atomic E-state index is 12.2. The minimum Gasteiger partial charge on any atom is -0.336 e. The second-order valence-corrected chi connectivity index (χ2v) is 4.00. The zero-order valence-electron chi connectivity index (χ0n) is 10.3. The summed E-state index contributed by atoms with van der Waals surface area (Å²) in [6, 6.07) is 3.90. The summed E-state index contributed by atoms with van der Waals surface area (Å²) in [6.07, 6.45) is 5.28. The summed E-state index contributed by atoms with van der Waals surface area (Å²) in [5, 5.41) is 0. The molecule has 0 radical (unpaired) electrons. The van der Waals surface area contributed by atoms with Gasteiger partial charge in [-0.05, 0) is 31.9 Å². The Hall–Kier alpha value is -1.38. The maximum Gasteiger partial charge on any atom is 0.255 e. The highest BCUT2D eigenvalue weighted by atomic mass is 16.2. The topological polar surface area (TPSA) is 33.2 Å². The lowest BCUT2D eigenvalue weighted by molar-refractivity contribution is 0.0688. The van der Waals surface area contributed by atoms with Gasteiger partial charge in [0.1, 0.15) is 0 Å². The third-order valence-electron chi connectivity index (χ3n) is 2.76. The Morgan fingerprint density at radius 1 is 1.50 bits per heavy atom. The fourth-order valence-electron chi connectivity index (χ4n) is 1.64. The second kappa shape index (κ2) is 6.26. The summed E-state index contributed by atoms with van der Waals surface area (Å²) in [7, 11) is 0. The lowest BCUT2D eigenvalue weighted by Gasteiger charge is -2.28. The molecule has 0 aliphatic rings. The van der Waals surface area contributed by atoms with E-state index in [2.05, 4.69) is 25.8 Å². The maximum atomic E-state index is 12.2. The van der Waals surface area contributed by atoms with E-state index in [0.717, 1.165) is 19.4 Å². The Kier molecular flexibility index (Phi) is 4.96. The summed E-state index contributed by atoms with van der Waals surface area (Å²) >= 11 is 0. The van der Waals surface area contributed by atoms with Gasteiger partial charge in [0, 0.05) is 25.0 Å². The fraction of sp³-hybridized carbons (Fsp3) is 0.538. The molecule has 0 N–H and O–H groups in total. The SMILES string of the molecule is CCCN(C(=O)c1cccnc1)C(C)CC. The molecule has 3 nitrogen and oxygen atoms in total. The van der Waals surface area contributed by atoms with Gasteiger partial charge in [0.05, 0.1) is 5.56 Å². The minimum absolute atomic E-state index is 0.0873. The first-order valence-corrected chi connectivity index (χ1v) is 5.91. The van der Waals surface area contributed by atoms with Crippen molar-refractivity contribution in [1.82, 2.24) is 9.88 Å². The molecule has 88 valence electrons. The monoisotopic (exact) mass is 220 g/mol. The van der Waals surface area contributed by atoms with E-state index in [0.29, 0.717) is 5.56 Å². The Morgan fingerprint density at radius 2 is 2.25 bits per heavy atom. The number of amides is 1. The number of hydrogen-bond acceptors (Lipinski definition) is 2. The summed E-state index contributed by atoms with van der Waals surface area (Å²) < 4.78 is 0. The Labute approximate surface area is 97.5 Å². The number of hydrogen-bond donors (Lipinski definition) is 0. The first-order valence-electron chi connectivity index (χ1n) is 5.91. The molecule has 1 aromatic heterocycles. The van der Waals surface area contributed by atoms with Crippen LogP contribution >= 0.6 is 0 Å². The third-order valence-corrected chi connectivity index (χ3v) is 2.76. The van der Waals surface area contributed by atoms with Crippen molar-refractivity contribution in [3.8, 4) is 0 Å². The molecule has 0 bridgehead atoms. The van der Waals surface area contributed by atoms with E-state index in [1.165, 1.54) is 0 Å². The van der Waals surface area contributed by atoms with Crippen LogP contribution in [0.15, 0.2) is 24.5 Å². The Morgan fingerprint density at radius 3 is 2.75 bits per heavy atom. The predicted octanol–water partition coefficient (Wildman–Crippen LogP) is 2.73. The molecule has 0 spiro atoms. The number of pyridine rings is 1. The van der Waals surface area contributed by atoms with Crippen LogP contribution in [0, 0.1) is 0 Å². The molecule has 0 saturated carbocycles. The first kappa shape index (κ1) is 12.7. The van der Waals surface area contributed by atoms with Gasteiger partial charge in [-0.3, -0.25) is 9.78 Å². The van der Waals surface area contributed by atoms with Crippen molar-refractivity contribution in [2.45, 2.75) is 39.7 Å². The van der Waals surface area contributed by atoms with Gasteiger partial charge in [-0.1, -0.05) is 13.8 Å². The molecule has 1 unspecified atom stereocenters. The van der Waals surface area contributed by atoms with Gasteiger partial charge in [0.25, 0.3) is 5.91 Å². The molecule has 16 heavy (non-hydrogen) atoms. The lowest BCUT2D eigenvalue weighted by Crippen LogP contribution is -2.38. The van der Waals surface area contributed by atoms with Crippen LogP contribution in [0.5, 0.6) is 0 Å². The average Bonchev–Trinajstić information content (AvgIpc) is 2.35. The zero-order chi connectivity index (χ0) is 12.0. The number of aromatic nitrogens is 1. The van der Waals surface area contributed by atoms with E-state index in [1.54, 1.807) is 18.5 Å². The molecule has 0 aliphatic carbocycles. The molecule has 1 aromatic rings. The van der Waals surface area contributed by atoms with E-state index in [9.17, 15) is 4.79 Å². The van der Waals surface area contributed by atoms with Gasteiger partial charge in [-0.25, -0.2) is 0 Å². The van der Waals surface area contributed by atoms with Crippen molar-refractivity contribution in [2.24, 2.45) is 0 Å². The van der Waals surface area contributed by atoms with E-state index >= 15 is 0 Å². The number of rotatable bonds is 5. The van der Waals surface area contributed by atoms with Gasteiger partial charge in [-0.15, -0.1) is 0 Å². The van der Waals surface area contributed by atoms with E-state index < -0.39 is 0 Å². The average molecular weight is 220 g/mol. The van der Waals surface area contributed by atoms with Gasteiger partial charge in [0.15, 0.2) is 0 Å². The molecule has 0 aliphatic heterocycles. The van der Waals surface area contributed by atoms with Gasteiger partial charge in [0.2, 0.25) is 0 Å². The molecular formula is C13H20N2O. The van der Waals surface area contributed by atoms with Crippen LogP contribution in [0.4, 0.5) is 0 Å². The van der Waals surface area contributed by atoms with E-state index in [1.807, 2.05) is 11.0 Å². The summed E-state index contributed by atoms with van der Waals surface area (Å²) in [5.41, 5.74) is 0.677. The summed E-state index contributed by atoms with van der Waals surface area (Å²) in [5.74, 6) is 0.0873. The van der Waals surface area contributed by atoms with Crippen LogP contribution in [0.3, 0.4) is 0 Å². The molecule has 1 atom stereocenters. The van der Waals surface area contributed by atoms with Gasteiger partial charge < -0.3 is 4.90 Å².